The largest absolute Gasteiger partial charge is 0.496 e. The van der Waals surface area contributed by atoms with Gasteiger partial charge in [0, 0.05) is 23.2 Å². The lowest BCUT2D eigenvalue weighted by Gasteiger charge is -2.26. The second kappa shape index (κ2) is 9.01. The molecule has 0 aromatic heterocycles. The van der Waals surface area contributed by atoms with E-state index >= 15 is 0 Å². The maximum absolute atomic E-state index is 12.7. The van der Waals surface area contributed by atoms with Crippen LogP contribution in [0, 0.1) is 0 Å². The van der Waals surface area contributed by atoms with E-state index in [4.69, 9.17) is 9.57 Å². The number of amides is 1. The lowest BCUT2D eigenvalue weighted by molar-refractivity contribution is -0.135. The van der Waals surface area contributed by atoms with Crippen molar-refractivity contribution < 1.29 is 24.0 Å². The quantitative estimate of drug-likeness (QED) is 0.464. The Hall–Kier alpha value is -3.00. The fourth-order valence-corrected chi connectivity index (χ4v) is 4.47. The van der Waals surface area contributed by atoms with E-state index in [0.29, 0.717) is 34.6 Å². The van der Waals surface area contributed by atoms with Crippen molar-refractivity contribution in [1.29, 1.82) is 0 Å². The number of benzene rings is 2. The Kier molecular flexibility index (Phi) is 6.59. The van der Waals surface area contributed by atoms with Gasteiger partial charge in [-0.15, -0.1) is 0 Å². The highest BCUT2D eigenvalue weighted by Gasteiger charge is 2.30. The molecular weight excluding hydrogens is 464 g/mol. The van der Waals surface area contributed by atoms with E-state index in [-0.39, 0.29) is 6.42 Å². The van der Waals surface area contributed by atoms with Crippen LogP contribution in [0.25, 0.3) is 0 Å². The molecule has 162 valence electrons. The molecule has 2 aromatic rings. The molecule has 0 bridgehead atoms. The molecular formula is C23H23BrN2O5. The minimum atomic E-state index is -0.785. The van der Waals surface area contributed by atoms with Gasteiger partial charge in [0.2, 0.25) is 11.9 Å². The third-order valence-electron chi connectivity index (χ3n) is 5.20. The molecule has 0 aliphatic carbocycles. The number of carbonyl (C=O) groups excluding carboxylic acids is 3. The maximum Gasteiger partial charge on any atom is 0.291 e. The molecule has 1 atom stereocenters. The predicted molar refractivity (Wildman–Crippen MR) is 121 cm³/mol. The molecule has 0 fully saturated rings. The zero-order chi connectivity index (χ0) is 22.8. The Morgan fingerprint density at radius 1 is 1.29 bits per heavy atom. The van der Waals surface area contributed by atoms with Crippen LogP contribution >= 0.6 is 15.9 Å². The molecule has 1 amide bonds. The van der Waals surface area contributed by atoms with Gasteiger partial charge in [-0.2, -0.15) is 0 Å². The van der Waals surface area contributed by atoms with Crippen LogP contribution in [0.2, 0.25) is 0 Å². The number of nitrogens with zero attached hydrogens (tertiary/aromatic N) is 1. The zero-order valence-corrected chi connectivity index (χ0v) is 19.3. The molecule has 1 aliphatic rings. The fraction of sp³-hybridized carbons (Fsp3) is 0.304. The first kappa shape index (κ1) is 22.7. The van der Waals surface area contributed by atoms with Crippen molar-refractivity contribution in [2.75, 3.05) is 12.4 Å². The summed E-state index contributed by atoms with van der Waals surface area (Å²) >= 11 is 3.53. The summed E-state index contributed by atoms with van der Waals surface area (Å²) in [5, 5.41) is 6.52. The van der Waals surface area contributed by atoms with Crippen LogP contribution in [0.15, 0.2) is 46.0 Å². The standard InChI is InChI=1S/C23H23BrN2O5/c1-13-16-10-14(8-9-15(16)20(12-27)31-26-13)25-22(29)18(28)11-23(2,3)17-6-5-7-19(30-4)21(17)24/h5-10,12,20H,11H2,1-4H3,(H,25,29). The van der Waals surface area contributed by atoms with Gasteiger partial charge in [-0.3, -0.25) is 14.4 Å². The van der Waals surface area contributed by atoms with Crippen LogP contribution in [0.4, 0.5) is 5.69 Å². The number of anilines is 1. The van der Waals surface area contributed by atoms with Gasteiger partial charge in [0.15, 0.2) is 6.29 Å². The van der Waals surface area contributed by atoms with Crippen LogP contribution in [-0.4, -0.2) is 30.8 Å². The average Bonchev–Trinajstić information content (AvgIpc) is 2.74. The first-order valence-corrected chi connectivity index (χ1v) is 10.4. The van der Waals surface area contributed by atoms with Crippen molar-refractivity contribution in [3.05, 3.63) is 57.6 Å². The van der Waals surface area contributed by atoms with Crippen molar-refractivity contribution in [3.63, 3.8) is 0 Å². The minimum Gasteiger partial charge on any atom is -0.496 e. The van der Waals surface area contributed by atoms with Gasteiger partial charge in [0.1, 0.15) is 5.75 Å². The number of ether oxygens (including phenoxy) is 1. The molecule has 31 heavy (non-hydrogen) atoms. The van der Waals surface area contributed by atoms with Gasteiger partial charge in [-0.25, -0.2) is 0 Å². The third-order valence-corrected chi connectivity index (χ3v) is 6.02. The summed E-state index contributed by atoms with van der Waals surface area (Å²) in [4.78, 5) is 41.6. The Balaban J connectivity index is 1.76. The van der Waals surface area contributed by atoms with Crippen molar-refractivity contribution in [2.24, 2.45) is 5.16 Å². The van der Waals surface area contributed by atoms with E-state index in [1.165, 1.54) is 0 Å². The van der Waals surface area contributed by atoms with Crippen molar-refractivity contribution >= 4 is 45.3 Å². The maximum atomic E-state index is 12.7. The number of rotatable bonds is 7. The van der Waals surface area contributed by atoms with Crippen molar-refractivity contribution in [3.8, 4) is 5.75 Å². The number of hydrogen-bond acceptors (Lipinski definition) is 6. The molecule has 1 unspecified atom stereocenters. The number of nitrogens with one attached hydrogen (secondary N) is 1. The molecule has 8 heteroatoms. The number of ketones is 1. The van der Waals surface area contributed by atoms with Gasteiger partial charge in [-0.1, -0.05) is 37.2 Å². The topological polar surface area (TPSA) is 94.1 Å². The molecule has 0 spiro atoms. The summed E-state index contributed by atoms with van der Waals surface area (Å²) < 4.78 is 6.09. The molecule has 2 aromatic carbocycles. The Labute approximate surface area is 188 Å². The Bertz CT molecular complexity index is 1080. The number of oxime groups is 1. The highest BCUT2D eigenvalue weighted by molar-refractivity contribution is 9.10. The summed E-state index contributed by atoms with van der Waals surface area (Å²) in [5.41, 5.74) is 2.65. The molecule has 0 saturated heterocycles. The smallest absolute Gasteiger partial charge is 0.291 e. The molecule has 1 N–H and O–H groups in total. The third kappa shape index (κ3) is 4.69. The number of fused-ring (bicyclic) bond motifs is 1. The van der Waals surface area contributed by atoms with Gasteiger partial charge in [0.05, 0.1) is 17.3 Å². The van der Waals surface area contributed by atoms with Crippen LogP contribution < -0.4 is 10.1 Å². The number of hydrogen-bond donors (Lipinski definition) is 1. The van der Waals surface area contributed by atoms with E-state index < -0.39 is 23.2 Å². The second-order valence-corrected chi connectivity index (χ2v) is 8.69. The summed E-state index contributed by atoms with van der Waals surface area (Å²) in [5.74, 6) is -0.594. The predicted octanol–water partition coefficient (Wildman–Crippen LogP) is 4.33. The van der Waals surface area contributed by atoms with Crippen molar-refractivity contribution in [2.45, 2.75) is 38.7 Å². The number of halogens is 1. The molecule has 1 aliphatic heterocycles. The monoisotopic (exact) mass is 486 g/mol. The van der Waals surface area contributed by atoms with E-state index in [9.17, 15) is 14.4 Å². The zero-order valence-electron chi connectivity index (χ0n) is 17.7. The lowest BCUT2D eigenvalue weighted by atomic mass is 9.80. The van der Waals surface area contributed by atoms with E-state index in [0.717, 1.165) is 10.0 Å². The fourth-order valence-electron chi connectivity index (χ4n) is 3.50. The molecule has 3 rings (SSSR count). The van der Waals surface area contributed by atoms with Crippen LogP contribution in [-0.2, 0) is 24.6 Å². The molecule has 0 radical (unpaired) electrons. The van der Waals surface area contributed by atoms with E-state index in [2.05, 4.69) is 26.4 Å². The number of carbonyl (C=O) groups is 3. The summed E-state index contributed by atoms with van der Waals surface area (Å²) in [7, 11) is 1.57. The molecule has 7 nitrogen and oxygen atoms in total. The second-order valence-electron chi connectivity index (χ2n) is 7.90. The van der Waals surface area contributed by atoms with Crippen LogP contribution in [0.1, 0.15) is 50.0 Å². The highest BCUT2D eigenvalue weighted by Crippen LogP contribution is 2.38. The van der Waals surface area contributed by atoms with E-state index in [1.807, 2.05) is 32.0 Å². The summed E-state index contributed by atoms with van der Waals surface area (Å²) in [6.45, 7) is 5.54. The van der Waals surface area contributed by atoms with Gasteiger partial charge in [-0.05, 0) is 52.0 Å². The van der Waals surface area contributed by atoms with E-state index in [1.54, 1.807) is 32.2 Å². The minimum absolute atomic E-state index is 0.0110. The average molecular weight is 487 g/mol. The number of methoxy groups -OCH3 is 1. The Morgan fingerprint density at radius 3 is 2.71 bits per heavy atom. The number of aldehydes is 1. The van der Waals surface area contributed by atoms with Gasteiger partial charge < -0.3 is 14.9 Å². The van der Waals surface area contributed by atoms with Crippen LogP contribution in [0.3, 0.4) is 0 Å². The first-order chi connectivity index (χ1) is 14.7. The molecule has 1 heterocycles. The lowest BCUT2D eigenvalue weighted by Crippen LogP contribution is -2.30. The van der Waals surface area contributed by atoms with Crippen molar-refractivity contribution in [1.82, 2.24) is 0 Å². The number of Topliss-reactive ketones (excluding diaryl/α,β-unsaturated/α-hetero) is 1. The summed E-state index contributed by atoms with van der Waals surface area (Å²) in [6, 6.07) is 10.6. The normalized spacial score (nSPS) is 15.3. The first-order valence-electron chi connectivity index (χ1n) is 9.65. The Morgan fingerprint density at radius 2 is 2.03 bits per heavy atom. The van der Waals surface area contributed by atoms with Crippen LogP contribution in [0.5, 0.6) is 5.75 Å². The van der Waals surface area contributed by atoms with Gasteiger partial charge >= 0.3 is 0 Å². The van der Waals surface area contributed by atoms with Gasteiger partial charge in [0.25, 0.3) is 5.91 Å². The molecule has 0 saturated carbocycles. The highest BCUT2D eigenvalue weighted by atomic mass is 79.9. The SMILES string of the molecule is COc1cccc(C(C)(C)CC(=O)C(=O)Nc2ccc3c(c2)C(C)=NOC3C=O)c1Br. The summed E-state index contributed by atoms with van der Waals surface area (Å²) in [6.07, 6.45) is -0.112.